The van der Waals surface area contributed by atoms with Crippen LogP contribution in [-0.2, 0) is 4.79 Å². The molecule has 0 atom stereocenters. The standard InChI is InChI=1S/C13H16FN5O/c14-9-3-6-11-17-13(18-19(11)7-9)16-10-4-1-8(2-5-10)12(15)20/h3,6-8,10H,1-2,4-5H2,(H2,15,20)(H,16,18). The van der Waals surface area contributed by atoms with Crippen LogP contribution in [0.1, 0.15) is 25.7 Å². The highest BCUT2D eigenvalue weighted by molar-refractivity contribution is 5.76. The number of carbonyl (C=O) groups is 1. The molecule has 0 radical (unpaired) electrons. The van der Waals surface area contributed by atoms with Crippen LogP contribution in [0.2, 0.25) is 0 Å². The summed E-state index contributed by atoms with van der Waals surface area (Å²) in [5.74, 6) is -0.102. The maximum absolute atomic E-state index is 13.1. The highest BCUT2D eigenvalue weighted by Crippen LogP contribution is 2.25. The van der Waals surface area contributed by atoms with Gasteiger partial charge in [-0.05, 0) is 37.8 Å². The Labute approximate surface area is 115 Å². The van der Waals surface area contributed by atoms with E-state index in [9.17, 15) is 9.18 Å². The summed E-state index contributed by atoms with van der Waals surface area (Å²) in [7, 11) is 0. The number of hydrogen-bond donors (Lipinski definition) is 2. The predicted octanol–water partition coefficient (Wildman–Crippen LogP) is 1.32. The molecule has 0 saturated heterocycles. The monoisotopic (exact) mass is 277 g/mol. The Hall–Kier alpha value is -2.18. The first-order valence-electron chi connectivity index (χ1n) is 6.69. The van der Waals surface area contributed by atoms with Gasteiger partial charge in [0.25, 0.3) is 0 Å². The van der Waals surface area contributed by atoms with Gasteiger partial charge in [0.15, 0.2) is 5.65 Å². The van der Waals surface area contributed by atoms with Gasteiger partial charge in [0.05, 0.1) is 6.20 Å². The largest absolute Gasteiger partial charge is 0.369 e. The average molecular weight is 277 g/mol. The van der Waals surface area contributed by atoms with Gasteiger partial charge in [0.2, 0.25) is 11.9 Å². The van der Waals surface area contributed by atoms with Gasteiger partial charge in [-0.3, -0.25) is 4.79 Å². The average Bonchev–Trinajstić information content (AvgIpc) is 2.80. The van der Waals surface area contributed by atoms with Crippen molar-refractivity contribution < 1.29 is 9.18 Å². The van der Waals surface area contributed by atoms with E-state index in [0.29, 0.717) is 11.6 Å². The lowest BCUT2D eigenvalue weighted by Crippen LogP contribution is -2.32. The summed E-state index contributed by atoms with van der Waals surface area (Å²) >= 11 is 0. The molecule has 3 N–H and O–H groups in total. The molecule has 7 heteroatoms. The smallest absolute Gasteiger partial charge is 0.243 e. The minimum atomic E-state index is -0.351. The maximum Gasteiger partial charge on any atom is 0.243 e. The normalized spacial score (nSPS) is 22.9. The van der Waals surface area contributed by atoms with Crippen LogP contribution in [0.15, 0.2) is 18.3 Å². The van der Waals surface area contributed by atoms with E-state index < -0.39 is 0 Å². The number of pyridine rings is 1. The summed E-state index contributed by atoms with van der Waals surface area (Å²) in [5.41, 5.74) is 5.90. The molecule has 2 aromatic rings. The van der Waals surface area contributed by atoms with Crippen LogP contribution in [0.3, 0.4) is 0 Å². The summed E-state index contributed by atoms with van der Waals surface area (Å²) in [6.45, 7) is 0. The Morgan fingerprint density at radius 1 is 1.35 bits per heavy atom. The SMILES string of the molecule is NC(=O)C1CCC(Nc2nc3ccc(F)cn3n2)CC1. The van der Waals surface area contributed by atoms with Crippen LogP contribution in [-0.4, -0.2) is 26.5 Å². The predicted molar refractivity (Wildman–Crippen MR) is 71.5 cm³/mol. The highest BCUT2D eigenvalue weighted by Gasteiger charge is 2.25. The molecule has 0 spiro atoms. The van der Waals surface area contributed by atoms with Crippen LogP contribution in [0.25, 0.3) is 5.65 Å². The minimum absolute atomic E-state index is 0.0174. The molecule has 6 nitrogen and oxygen atoms in total. The molecule has 20 heavy (non-hydrogen) atoms. The van der Waals surface area contributed by atoms with Gasteiger partial charge >= 0.3 is 0 Å². The van der Waals surface area contributed by atoms with Crippen molar-refractivity contribution in [1.29, 1.82) is 0 Å². The number of fused-ring (bicyclic) bond motifs is 1. The van der Waals surface area contributed by atoms with Crippen LogP contribution >= 0.6 is 0 Å². The second-order valence-electron chi connectivity index (χ2n) is 5.18. The van der Waals surface area contributed by atoms with Gasteiger partial charge in [-0.25, -0.2) is 8.91 Å². The summed E-state index contributed by atoms with van der Waals surface area (Å²) in [4.78, 5) is 15.4. The van der Waals surface area contributed by atoms with Gasteiger partial charge in [0.1, 0.15) is 5.82 Å². The van der Waals surface area contributed by atoms with E-state index in [1.54, 1.807) is 6.07 Å². The van der Waals surface area contributed by atoms with Crippen molar-refractivity contribution in [1.82, 2.24) is 14.6 Å². The van der Waals surface area contributed by atoms with E-state index >= 15 is 0 Å². The van der Waals surface area contributed by atoms with Gasteiger partial charge in [-0.15, -0.1) is 5.10 Å². The Kier molecular flexibility index (Phi) is 3.25. The van der Waals surface area contributed by atoms with Crippen molar-refractivity contribution in [3.63, 3.8) is 0 Å². The first kappa shape index (κ1) is 12.8. The lowest BCUT2D eigenvalue weighted by molar-refractivity contribution is -0.122. The molecule has 1 saturated carbocycles. The maximum atomic E-state index is 13.1. The van der Waals surface area contributed by atoms with E-state index in [0.717, 1.165) is 25.7 Å². The molecule has 0 aromatic carbocycles. The molecule has 1 aliphatic carbocycles. The quantitative estimate of drug-likeness (QED) is 0.886. The number of rotatable bonds is 3. The van der Waals surface area contributed by atoms with Crippen LogP contribution in [0.4, 0.5) is 10.3 Å². The second kappa shape index (κ2) is 5.07. The fourth-order valence-corrected chi connectivity index (χ4v) is 2.62. The van der Waals surface area contributed by atoms with E-state index in [2.05, 4.69) is 15.4 Å². The zero-order chi connectivity index (χ0) is 14.1. The summed E-state index contributed by atoms with van der Waals surface area (Å²) in [6, 6.07) is 3.16. The third kappa shape index (κ3) is 2.56. The van der Waals surface area contributed by atoms with E-state index in [4.69, 9.17) is 5.73 Å². The molecule has 1 aliphatic rings. The number of nitrogens with two attached hydrogens (primary N) is 1. The summed E-state index contributed by atoms with van der Waals surface area (Å²) in [5, 5.41) is 7.42. The molecule has 2 heterocycles. The Morgan fingerprint density at radius 3 is 2.80 bits per heavy atom. The molecule has 0 unspecified atom stereocenters. The molecule has 106 valence electrons. The summed E-state index contributed by atoms with van der Waals surface area (Å²) in [6.07, 6.45) is 4.58. The number of nitrogens with one attached hydrogen (secondary N) is 1. The number of halogens is 1. The Balaban J connectivity index is 1.66. The third-order valence-corrected chi connectivity index (χ3v) is 3.76. The van der Waals surface area contributed by atoms with Crippen molar-refractivity contribution in [3.8, 4) is 0 Å². The van der Waals surface area contributed by atoms with Crippen LogP contribution in [0, 0.1) is 11.7 Å². The van der Waals surface area contributed by atoms with Crippen molar-refractivity contribution in [2.45, 2.75) is 31.7 Å². The number of amides is 1. The highest BCUT2D eigenvalue weighted by atomic mass is 19.1. The van der Waals surface area contributed by atoms with E-state index in [-0.39, 0.29) is 23.7 Å². The lowest BCUT2D eigenvalue weighted by atomic mass is 9.86. The zero-order valence-electron chi connectivity index (χ0n) is 10.9. The van der Waals surface area contributed by atoms with Gasteiger partial charge in [-0.2, -0.15) is 4.98 Å². The molecule has 0 aliphatic heterocycles. The molecule has 3 rings (SSSR count). The van der Waals surface area contributed by atoms with Crippen molar-refractivity contribution >= 4 is 17.5 Å². The van der Waals surface area contributed by atoms with Crippen LogP contribution in [0.5, 0.6) is 0 Å². The number of primary amides is 1. The molecule has 1 fully saturated rings. The first-order chi connectivity index (χ1) is 9.61. The molecule has 2 aromatic heterocycles. The van der Waals surface area contributed by atoms with E-state index in [1.807, 2.05) is 0 Å². The summed E-state index contributed by atoms with van der Waals surface area (Å²) < 4.78 is 14.5. The molecule has 1 amide bonds. The van der Waals surface area contributed by atoms with Gasteiger partial charge < -0.3 is 11.1 Å². The van der Waals surface area contributed by atoms with Gasteiger partial charge in [0, 0.05) is 12.0 Å². The topological polar surface area (TPSA) is 85.3 Å². The number of anilines is 1. The molecular formula is C13H16FN5O. The fraction of sp³-hybridized carbons (Fsp3) is 0.462. The first-order valence-corrected chi connectivity index (χ1v) is 6.69. The number of hydrogen-bond acceptors (Lipinski definition) is 4. The number of aromatic nitrogens is 3. The zero-order valence-corrected chi connectivity index (χ0v) is 10.9. The molecule has 0 bridgehead atoms. The van der Waals surface area contributed by atoms with Crippen molar-refractivity contribution in [2.75, 3.05) is 5.32 Å². The van der Waals surface area contributed by atoms with Crippen molar-refractivity contribution in [3.05, 3.63) is 24.1 Å². The number of nitrogens with zero attached hydrogens (tertiary/aromatic N) is 3. The van der Waals surface area contributed by atoms with E-state index in [1.165, 1.54) is 16.8 Å². The minimum Gasteiger partial charge on any atom is -0.369 e. The lowest BCUT2D eigenvalue weighted by Gasteiger charge is -2.26. The number of carbonyl (C=O) groups excluding carboxylic acids is 1. The molecular weight excluding hydrogens is 261 g/mol. The Morgan fingerprint density at radius 2 is 2.10 bits per heavy atom. The van der Waals surface area contributed by atoms with Crippen LogP contribution < -0.4 is 11.1 Å². The third-order valence-electron chi connectivity index (χ3n) is 3.76. The Bertz CT molecular complexity index is 633. The van der Waals surface area contributed by atoms with Crippen molar-refractivity contribution in [2.24, 2.45) is 11.7 Å². The van der Waals surface area contributed by atoms with Gasteiger partial charge in [-0.1, -0.05) is 0 Å². The second-order valence-corrected chi connectivity index (χ2v) is 5.18. The fourth-order valence-electron chi connectivity index (χ4n) is 2.62.